The summed E-state index contributed by atoms with van der Waals surface area (Å²) in [4.78, 5) is 11.8. The van der Waals surface area contributed by atoms with E-state index in [0.717, 1.165) is 25.7 Å². The molecule has 0 aromatic rings. The highest BCUT2D eigenvalue weighted by Gasteiger charge is 2.23. The van der Waals surface area contributed by atoms with Crippen LogP contribution < -0.4 is 0 Å². The van der Waals surface area contributed by atoms with Gasteiger partial charge < -0.3 is 4.52 Å². The van der Waals surface area contributed by atoms with Crippen molar-refractivity contribution in [3.63, 3.8) is 0 Å². The molecule has 1 aliphatic rings. The number of allylic oxidation sites excluding steroid dienone is 1. The summed E-state index contributed by atoms with van der Waals surface area (Å²) in [6, 6.07) is 0. The van der Waals surface area contributed by atoms with Crippen LogP contribution in [0.25, 0.3) is 0 Å². The third-order valence-corrected chi connectivity index (χ3v) is 4.22. The van der Waals surface area contributed by atoms with Crippen LogP contribution in [0.4, 0.5) is 0 Å². The Morgan fingerprint density at radius 1 is 1.57 bits per heavy atom. The van der Waals surface area contributed by atoms with Crippen molar-refractivity contribution in [1.82, 2.24) is 0 Å². The van der Waals surface area contributed by atoms with Gasteiger partial charge in [-0.2, -0.15) is 0 Å². The van der Waals surface area contributed by atoms with Crippen molar-refractivity contribution in [1.29, 1.82) is 0 Å². The molecule has 0 N–H and O–H groups in total. The minimum Gasteiger partial charge on any atom is -0.362 e. The largest absolute Gasteiger partial charge is 0.362 e. The summed E-state index contributed by atoms with van der Waals surface area (Å²) in [7, 11) is 1.16. The number of hydrogen-bond donors (Lipinski definition) is 0. The Labute approximate surface area is 87.6 Å². The van der Waals surface area contributed by atoms with Gasteiger partial charge in [-0.3, -0.25) is 4.79 Å². The Morgan fingerprint density at radius 2 is 2.14 bits per heavy atom. The number of ketones is 1. The molecule has 14 heavy (non-hydrogen) atoms. The van der Waals surface area contributed by atoms with E-state index in [2.05, 4.69) is 6.58 Å². The molecule has 3 heteroatoms. The third-order valence-electron chi connectivity index (χ3n) is 2.84. The van der Waals surface area contributed by atoms with Crippen LogP contribution in [0.2, 0.25) is 0 Å². The Morgan fingerprint density at radius 3 is 2.64 bits per heavy atom. The maximum absolute atomic E-state index is 11.8. The van der Waals surface area contributed by atoms with Crippen molar-refractivity contribution in [3.05, 3.63) is 12.2 Å². The monoisotopic (exact) mass is 214 g/mol. The van der Waals surface area contributed by atoms with Crippen LogP contribution >= 0.6 is 8.15 Å². The van der Waals surface area contributed by atoms with Gasteiger partial charge in [-0.15, -0.1) is 0 Å². The second-order valence-corrected chi connectivity index (χ2v) is 5.90. The minimum atomic E-state index is -0.526. The van der Waals surface area contributed by atoms with Gasteiger partial charge in [0, 0.05) is 21.2 Å². The molecule has 0 aromatic heterocycles. The first-order valence-corrected chi connectivity index (χ1v) is 6.97. The average molecular weight is 214 g/mol. The van der Waals surface area contributed by atoms with E-state index in [1.807, 2.05) is 6.66 Å². The number of carbonyl (C=O) groups is 1. The van der Waals surface area contributed by atoms with Gasteiger partial charge in [0.15, 0.2) is 0 Å². The van der Waals surface area contributed by atoms with Gasteiger partial charge >= 0.3 is 0 Å². The fourth-order valence-corrected chi connectivity index (χ4v) is 2.59. The minimum absolute atomic E-state index is 0.278. The van der Waals surface area contributed by atoms with Crippen molar-refractivity contribution in [2.75, 3.05) is 19.9 Å². The summed E-state index contributed by atoms with van der Waals surface area (Å²) < 4.78 is 5.16. The topological polar surface area (TPSA) is 26.3 Å². The van der Waals surface area contributed by atoms with Crippen LogP contribution in [-0.4, -0.2) is 25.7 Å². The lowest BCUT2D eigenvalue weighted by molar-refractivity contribution is -0.121. The molecular weight excluding hydrogens is 195 g/mol. The normalized spacial score (nSPS) is 20.9. The molecule has 80 valence electrons. The van der Waals surface area contributed by atoms with E-state index >= 15 is 0 Å². The van der Waals surface area contributed by atoms with E-state index in [9.17, 15) is 4.79 Å². The molecule has 0 aromatic carbocycles. The fourth-order valence-electron chi connectivity index (χ4n) is 1.76. The van der Waals surface area contributed by atoms with E-state index in [4.69, 9.17) is 4.52 Å². The van der Waals surface area contributed by atoms with Crippen LogP contribution in [0.1, 0.15) is 25.7 Å². The second kappa shape index (κ2) is 5.63. The maximum Gasteiger partial charge on any atom is 0.142 e. The molecule has 1 rings (SSSR count). The molecule has 0 radical (unpaired) electrons. The zero-order valence-corrected chi connectivity index (χ0v) is 9.98. The molecule has 2 nitrogen and oxygen atoms in total. The lowest BCUT2D eigenvalue weighted by Crippen LogP contribution is -2.20. The van der Waals surface area contributed by atoms with Gasteiger partial charge in [0.05, 0.1) is 6.16 Å². The molecule has 1 saturated carbocycles. The molecule has 0 spiro atoms. The lowest BCUT2D eigenvalue weighted by atomic mass is 9.84. The van der Waals surface area contributed by atoms with Crippen LogP contribution in [0, 0.1) is 5.92 Å². The summed E-state index contributed by atoms with van der Waals surface area (Å²) in [6.07, 6.45) is 4.70. The lowest BCUT2D eigenvalue weighted by Gasteiger charge is -2.22. The van der Waals surface area contributed by atoms with Crippen molar-refractivity contribution >= 4 is 13.9 Å². The van der Waals surface area contributed by atoms with Crippen LogP contribution in [0.15, 0.2) is 12.2 Å². The molecule has 0 amide bonds. The zero-order chi connectivity index (χ0) is 10.6. The van der Waals surface area contributed by atoms with Gasteiger partial charge in [0.1, 0.15) is 5.78 Å². The summed E-state index contributed by atoms with van der Waals surface area (Å²) in [5, 5.41) is 0. The highest BCUT2D eigenvalue weighted by atomic mass is 31.1. The van der Waals surface area contributed by atoms with E-state index in [1.165, 1.54) is 5.57 Å². The highest BCUT2D eigenvalue weighted by Crippen LogP contribution is 2.34. The molecular formula is C11H19O2P. The predicted molar refractivity (Wildman–Crippen MR) is 60.8 cm³/mol. The standard InChI is InChI=1S/C11H19O2P/c1-9-4-6-10(7-5-9)11(12)8-14(3)13-2/h10H,1,4-8H2,2-3H3. The smallest absolute Gasteiger partial charge is 0.142 e. The molecule has 1 atom stereocenters. The number of rotatable bonds is 4. The Bertz CT molecular complexity index is 215. The van der Waals surface area contributed by atoms with E-state index in [-0.39, 0.29) is 5.92 Å². The van der Waals surface area contributed by atoms with Gasteiger partial charge in [0.25, 0.3) is 0 Å². The summed E-state index contributed by atoms with van der Waals surface area (Å²) in [5.41, 5.74) is 1.31. The molecule has 1 unspecified atom stereocenters. The highest BCUT2D eigenvalue weighted by molar-refractivity contribution is 7.52. The van der Waals surface area contributed by atoms with Gasteiger partial charge in [-0.25, -0.2) is 0 Å². The second-order valence-electron chi connectivity index (χ2n) is 3.96. The van der Waals surface area contributed by atoms with E-state index in [0.29, 0.717) is 11.9 Å². The van der Waals surface area contributed by atoms with Gasteiger partial charge in [-0.1, -0.05) is 12.2 Å². The van der Waals surface area contributed by atoms with Crippen molar-refractivity contribution in [2.45, 2.75) is 25.7 Å². The maximum atomic E-state index is 11.8. The summed E-state index contributed by atoms with van der Waals surface area (Å²) in [6.45, 7) is 5.96. The van der Waals surface area contributed by atoms with Crippen LogP contribution in [-0.2, 0) is 9.32 Å². The molecule has 1 aliphatic carbocycles. The molecule has 0 bridgehead atoms. The third kappa shape index (κ3) is 3.51. The van der Waals surface area contributed by atoms with Crippen LogP contribution in [0.5, 0.6) is 0 Å². The number of Topliss-reactive ketones (excluding diaryl/α,β-unsaturated/α-hetero) is 1. The van der Waals surface area contributed by atoms with Crippen molar-refractivity contribution in [3.8, 4) is 0 Å². The van der Waals surface area contributed by atoms with Crippen LogP contribution in [0.3, 0.4) is 0 Å². The SMILES string of the molecule is C=C1CCC(C(=O)CP(C)OC)CC1. The quantitative estimate of drug-likeness (QED) is 0.531. The predicted octanol–water partition coefficient (Wildman–Crippen LogP) is 2.98. The first-order valence-electron chi connectivity index (χ1n) is 5.08. The number of carbonyl (C=O) groups excluding carboxylic acids is 1. The Balaban J connectivity index is 2.34. The summed E-state index contributed by atoms with van der Waals surface area (Å²) in [5.74, 6) is 0.675. The molecule has 0 heterocycles. The van der Waals surface area contributed by atoms with Gasteiger partial charge in [-0.05, 0) is 32.3 Å². The van der Waals surface area contributed by atoms with Gasteiger partial charge in [0.2, 0.25) is 0 Å². The van der Waals surface area contributed by atoms with E-state index in [1.54, 1.807) is 7.11 Å². The summed E-state index contributed by atoms with van der Waals surface area (Å²) >= 11 is 0. The molecule has 0 saturated heterocycles. The molecule has 1 fully saturated rings. The first kappa shape index (κ1) is 11.9. The zero-order valence-electron chi connectivity index (χ0n) is 9.08. The van der Waals surface area contributed by atoms with Crippen molar-refractivity contribution < 1.29 is 9.32 Å². The Kier molecular flexibility index (Phi) is 4.77. The Hall–Kier alpha value is -0.200. The molecule has 0 aliphatic heterocycles. The van der Waals surface area contributed by atoms with Crippen molar-refractivity contribution in [2.24, 2.45) is 5.92 Å². The number of hydrogen-bond acceptors (Lipinski definition) is 2. The first-order chi connectivity index (χ1) is 6.63. The fraction of sp³-hybridized carbons (Fsp3) is 0.727. The average Bonchev–Trinajstić information content (AvgIpc) is 2.18. The van der Waals surface area contributed by atoms with E-state index < -0.39 is 8.15 Å².